The Balaban J connectivity index is 1.82. The number of amides is 1. The van der Waals surface area contributed by atoms with Crippen LogP contribution in [0.3, 0.4) is 0 Å². The Morgan fingerprint density at radius 3 is 2.52 bits per heavy atom. The second kappa shape index (κ2) is 6.17. The van der Waals surface area contributed by atoms with Crippen LogP contribution in [-0.2, 0) is 4.79 Å². The molecule has 1 amide bonds. The molecular weight excluding hydrogens is 262 g/mol. The summed E-state index contributed by atoms with van der Waals surface area (Å²) in [5.41, 5.74) is 2.37. The quantitative estimate of drug-likeness (QED) is 0.856. The van der Waals surface area contributed by atoms with E-state index in [0.29, 0.717) is 6.42 Å². The van der Waals surface area contributed by atoms with Crippen molar-refractivity contribution in [3.05, 3.63) is 59.5 Å². The molecule has 1 saturated heterocycles. The highest BCUT2D eigenvalue weighted by Crippen LogP contribution is 2.30. The van der Waals surface area contributed by atoms with Gasteiger partial charge in [-0.3, -0.25) is 4.79 Å². The Hall–Kier alpha value is -2.03. The number of benzene rings is 1. The molecule has 1 aliphatic rings. The van der Waals surface area contributed by atoms with Crippen LogP contribution in [0.4, 0.5) is 0 Å². The second-order valence-corrected chi connectivity index (χ2v) is 5.77. The van der Waals surface area contributed by atoms with E-state index < -0.39 is 0 Å². The molecule has 1 aliphatic heterocycles. The van der Waals surface area contributed by atoms with E-state index in [4.69, 9.17) is 4.42 Å². The summed E-state index contributed by atoms with van der Waals surface area (Å²) in [4.78, 5) is 14.5. The number of carbonyl (C=O) groups is 1. The molecular formula is C18H21NO2. The van der Waals surface area contributed by atoms with Gasteiger partial charge in [-0.2, -0.15) is 0 Å². The summed E-state index contributed by atoms with van der Waals surface area (Å²) in [6, 6.07) is 12.2. The monoisotopic (exact) mass is 283 g/mol. The van der Waals surface area contributed by atoms with Crippen molar-refractivity contribution < 1.29 is 9.21 Å². The van der Waals surface area contributed by atoms with Gasteiger partial charge in [-0.1, -0.05) is 29.8 Å². The summed E-state index contributed by atoms with van der Waals surface area (Å²) in [6.07, 6.45) is 4.41. The van der Waals surface area contributed by atoms with Crippen LogP contribution in [-0.4, -0.2) is 23.9 Å². The van der Waals surface area contributed by atoms with E-state index in [-0.39, 0.29) is 11.8 Å². The molecule has 0 N–H and O–H groups in total. The second-order valence-electron chi connectivity index (χ2n) is 5.77. The molecule has 0 saturated carbocycles. The highest BCUT2D eigenvalue weighted by Gasteiger charge is 2.25. The normalized spacial score (nSPS) is 16.1. The van der Waals surface area contributed by atoms with E-state index in [1.54, 1.807) is 6.26 Å². The fourth-order valence-electron chi connectivity index (χ4n) is 2.94. The molecule has 3 rings (SSSR count). The highest BCUT2D eigenvalue weighted by atomic mass is 16.3. The molecule has 0 bridgehead atoms. The van der Waals surface area contributed by atoms with Crippen molar-refractivity contribution in [2.24, 2.45) is 0 Å². The summed E-state index contributed by atoms with van der Waals surface area (Å²) in [6.45, 7) is 3.87. The number of furan rings is 1. The smallest absolute Gasteiger partial charge is 0.223 e. The molecule has 110 valence electrons. The van der Waals surface area contributed by atoms with Crippen molar-refractivity contribution in [3.63, 3.8) is 0 Å². The van der Waals surface area contributed by atoms with Crippen LogP contribution < -0.4 is 0 Å². The Morgan fingerprint density at radius 1 is 1.19 bits per heavy atom. The van der Waals surface area contributed by atoms with Gasteiger partial charge in [-0.15, -0.1) is 0 Å². The van der Waals surface area contributed by atoms with Gasteiger partial charge in [0.15, 0.2) is 0 Å². The zero-order valence-electron chi connectivity index (χ0n) is 12.4. The number of hydrogen-bond acceptors (Lipinski definition) is 2. The predicted octanol–water partition coefficient (Wildman–Crippen LogP) is 3.73. The predicted molar refractivity (Wildman–Crippen MR) is 82.2 cm³/mol. The van der Waals surface area contributed by atoms with E-state index in [1.165, 1.54) is 5.56 Å². The lowest BCUT2D eigenvalue weighted by Crippen LogP contribution is -2.29. The zero-order valence-corrected chi connectivity index (χ0v) is 12.4. The van der Waals surface area contributed by atoms with Gasteiger partial charge >= 0.3 is 0 Å². The van der Waals surface area contributed by atoms with Crippen LogP contribution >= 0.6 is 0 Å². The van der Waals surface area contributed by atoms with Crippen molar-refractivity contribution in [1.82, 2.24) is 4.90 Å². The average Bonchev–Trinajstić information content (AvgIpc) is 3.19. The van der Waals surface area contributed by atoms with Gasteiger partial charge in [0.05, 0.1) is 12.2 Å². The summed E-state index contributed by atoms with van der Waals surface area (Å²) in [5, 5.41) is 0. The number of rotatable bonds is 4. The van der Waals surface area contributed by atoms with E-state index in [9.17, 15) is 4.79 Å². The number of hydrogen-bond donors (Lipinski definition) is 0. The maximum absolute atomic E-state index is 12.5. The molecule has 0 spiro atoms. The van der Waals surface area contributed by atoms with Crippen LogP contribution in [0.5, 0.6) is 0 Å². The standard InChI is InChI=1S/C18H21NO2/c1-14-6-8-15(9-7-14)16(17-5-4-12-21-17)13-18(20)19-10-2-3-11-19/h4-9,12,16H,2-3,10-11,13H2,1H3/t16-/m0/s1. The van der Waals surface area contributed by atoms with Gasteiger partial charge < -0.3 is 9.32 Å². The van der Waals surface area contributed by atoms with Crippen LogP contribution in [0.1, 0.15) is 42.1 Å². The highest BCUT2D eigenvalue weighted by molar-refractivity contribution is 5.77. The maximum Gasteiger partial charge on any atom is 0.223 e. The van der Waals surface area contributed by atoms with E-state index >= 15 is 0 Å². The summed E-state index contributed by atoms with van der Waals surface area (Å²) < 4.78 is 5.57. The third-order valence-electron chi connectivity index (χ3n) is 4.20. The maximum atomic E-state index is 12.5. The molecule has 1 aromatic heterocycles. The van der Waals surface area contributed by atoms with Crippen molar-refractivity contribution >= 4 is 5.91 Å². The van der Waals surface area contributed by atoms with Gasteiger partial charge in [-0.05, 0) is 37.5 Å². The summed E-state index contributed by atoms with van der Waals surface area (Å²) in [7, 11) is 0. The Morgan fingerprint density at radius 2 is 1.90 bits per heavy atom. The van der Waals surface area contributed by atoms with Crippen LogP contribution in [0.2, 0.25) is 0 Å². The van der Waals surface area contributed by atoms with Gasteiger partial charge in [0.1, 0.15) is 5.76 Å². The molecule has 2 heterocycles. The minimum Gasteiger partial charge on any atom is -0.469 e. The first-order valence-corrected chi connectivity index (χ1v) is 7.62. The van der Waals surface area contributed by atoms with Gasteiger partial charge in [0.2, 0.25) is 5.91 Å². The molecule has 1 atom stereocenters. The Labute approximate surface area is 125 Å². The van der Waals surface area contributed by atoms with E-state index in [1.807, 2.05) is 17.0 Å². The first-order chi connectivity index (χ1) is 10.2. The lowest BCUT2D eigenvalue weighted by molar-refractivity contribution is -0.130. The molecule has 21 heavy (non-hydrogen) atoms. The lowest BCUT2D eigenvalue weighted by atomic mass is 9.92. The van der Waals surface area contributed by atoms with Crippen molar-refractivity contribution in [2.75, 3.05) is 13.1 Å². The Bertz CT molecular complexity index is 580. The molecule has 0 aliphatic carbocycles. The van der Waals surface area contributed by atoms with Crippen LogP contribution in [0.25, 0.3) is 0 Å². The third-order valence-corrected chi connectivity index (χ3v) is 4.20. The largest absolute Gasteiger partial charge is 0.469 e. The minimum absolute atomic E-state index is 0.00806. The fourth-order valence-corrected chi connectivity index (χ4v) is 2.94. The topological polar surface area (TPSA) is 33.5 Å². The molecule has 3 heteroatoms. The van der Waals surface area contributed by atoms with Crippen molar-refractivity contribution in [1.29, 1.82) is 0 Å². The van der Waals surface area contributed by atoms with Crippen LogP contribution in [0, 0.1) is 6.92 Å². The first kappa shape index (κ1) is 13.9. The molecule has 3 nitrogen and oxygen atoms in total. The van der Waals surface area contributed by atoms with E-state index in [2.05, 4.69) is 31.2 Å². The third kappa shape index (κ3) is 3.18. The van der Waals surface area contributed by atoms with Gasteiger partial charge in [0, 0.05) is 19.5 Å². The molecule has 1 aromatic carbocycles. The number of carbonyl (C=O) groups excluding carboxylic acids is 1. The summed E-state index contributed by atoms with van der Waals surface area (Å²) >= 11 is 0. The van der Waals surface area contributed by atoms with Crippen molar-refractivity contribution in [3.8, 4) is 0 Å². The summed E-state index contributed by atoms with van der Waals surface area (Å²) in [5.74, 6) is 1.11. The molecule has 2 aromatic rings. The lowest BCUT2D eigenvalue weighted by Gasteiger charge is -2.20. The van der Waals surface area contributed by atoms with Gasteiger partial charge in [-0.25, -0.2) is 0 Å². The number of likely N-dealkylation sites (tertiary alicyclic amines) is 1. The SMILES string of the molecule is Cc1ccc([C@H](CC(=O)N2CCCC2)c2ccco2)cc1. The zero-order chi connectivity index (χ0) is 14.7. The minimum atomic E-state index is 0.00806. The molecule has 1 fully saturated rings. The van der Waals surface area contributed by atoms with Crippen molar-refractivity contribution in [2.45, 2.75) is 32.1 Å². The number of aryl methyl sites for hydroxylation is 1. The average molecular weight is 283 g/mol. The molecule has 0 unspecified atom stereocenters. The Kier molecular flexibility index (Phi) is 4.09. The fraction of sp³-hybridized carbons (Fsp3) is 0.389. The number of nitrogens with zero attached hydrogens (tertiary/aromatic N) is 1. The van der Waals surface area contributed by atoms with Gasteiger partial charge in [0.25, 0.3) is 0 Å². The first-order valence-electron chi connectivity index (χ1n) is 7.62. The van der Waals surface area contributed by atoms with E-state index in [0.717, 1.165) is 37.3 Å². The van der Waals surface area contributed by atoms with Crippen LogP contribution in [0.15, 0.2) is 47.1 Å². The molecule has 0 radical (unpaired) electrons.